The molecule has 1 unspecified atom stereocenters. The summed E-state index contributed by atoms with van der Waals surface area (Å²) in [5, 5.41) is 3.25. The molecule has 1 aliphatic heterocycles. The van der Waals surface area contributed by atoms with E-state index in [1.807, 2.05) is 11.8 Å². The molecule has 0 aromatic carbocycles. The number of hydrogen-bond acceptors (Lipinski definition) is 4. The van der Waals surface area contributed by atoms with Gasteiger partial charge >= 0.3 is 0 Å². The quantitative estimate of drug-likeness (QED) is 0.894. The van der Waals surface area contributed by atoms with Crippen LogP contribution < -0.4 is 11.1 Å². The molecule has 1 aromatic heterocycles. The molecule has 1 atom stereocenters. The number of aromatic nitrogens is 1. The van der Waals surface area contributed by atoms with Gasteiger partial charge in [-0.15, -0.1) is 0 Å². The molecular weight excluding hydrogens is 270 g/mol. The summed E-state index contributed by atoms with van der Waals surface area (Å²) in [5.41, 5.74) is 5.94. The van der Waals surface area contributed by atoms with E-state index in [0.29, 0.717) is 22.9 Å². The third-order valence-electron chi connectivity index (χ3n) is 3.04. The molecular formula is C12H16ClN3OS. The largest absolute Gasteiger partial charge is 0.384 e. The molecule has 4 nitrogen and oxygen atoms in total. The molecule has 1 aromatic rings. The normalized spacial score (nSPS) is 23.0. The number of nitrogens with one attached hydrogen (secondary N) is 1. The molecule has 1 amide bonds. The van der Waals surface area contributed by atoms with Crippen molar-refractivity contribution in [2.75, 3.05) is 18.0 Å². The van der Waals surface area contributed by atoms with Gasteiger partial charge in [0.25, 0.3) is 5.91 Å². The zero-order valence-corrected chi connectivity index (χ0v) is 11.8. The van der Waals surface area contributed by atoms with E-state index in [0.717, 1.165) is 12.2 Å². The highest BCUT2D eigenvalue weighted by atomic mass is 35.5. The van der Waals surface area contributed by atoms with Gasteiger partial charge in [0, 0.05) is 17.5 Å². The third-order valence-corrected chi connectivity index (χ3v) is 4.88. The lowest BCUT2D eigenvalue weighted by Gasteiger charge is -2.22. The average Bonchev–Trinajstić information content (AvgIpc) is 2.77. The van der Waals surface area contributed by atoms with E-state index in [-0.39, 0.29) is 10.7 Å². The van der Waals surface area contributed by atoms with Crippen LogP contribution in [-0.2, 0) is 0 Å². The van der Waals surface area contributed by atoms with Crippen LogP contribution >= 0.6 is 23.4 Å². The third kappa shape index (κ3) is 3.09. The summed E-state index contributed by atoms with van der Waals surface area (Å²) in [6.07, 6.45) is 3.74. The van der Waals surface area contributed by atoms with Crippen LogP contribution in [0.1, 0.15) is 30.1 Å². The lowest BCUT2D eigenvalue weighted by Crippen LogP contribution is -2.36. The summed E-state index contributed by atoms with van der Waals surface area (Å²) in [6.45, 7) is 2.82. The van der Waals surface area contributed by atoms with Crippen LogP contribution in [0.25, 0.3) is 0 Å². The zero-order valence-electron chi connectivity index (χ0n) is 10.2. The second-order valence-electron chi connectivity index (χ2n) is 4.67. The summed E-state index contributed by atoms with van der Waals surface area (Å²) in [6, 6.07) is 1.50. The lowest BCUT2D eigenvalue weighted by molar-refractivity contribution is 0.0950. The van der Waals surface area contributed by atoms with Crippen LogP contribution in [0.5, 0.6) is 0 Å². The summed E-state index contributed by atoms with van der Waals surface area (Å²) in [7, 11) is 0. The van der Waals surface area contributed by atoms with E-state index in [1.165, 1.54) is 18.7 Å². The fraction of sp³-hybridized carbons (Fsp3) is 0.500. The highest BCUT2D eigenvalue weighted by Gasteiger charge is 2.30. The fourth-order valence-corrected chi connectivity index (χ4v) is 3.40. The Hall–Kier alpha value is -0.940. The molecule has 18 heavy (non-hydrogen) atoms. The maximum absolute atomic E-state index is 12.0. The minimum Gasteiger partial charge on any atom is -0.384 e. The van der Waals surface area contributed by atoms with Gasteiger partial charge < -0.3 is 11.1 Å². The zero-order chi connectivity index (χ0) is 13.2. The topological polar surface area (TPSA) is 68.0 Å². The smallest absolute Gasteiger partial charge is 0.253 e. The minimum absolute atomic E-state index is 0.140. The molecule has 2 heterocycles. The Morgan fingerprint density at radius 1 is 1.72 bits per heavy atom. The van der Waals surface area contributed by atoms with Gasteiger partial charge in [-0.1, -0.05) is 11.6 Å². The van der Waals surface area contributed by atoms with Crippen LogP contribution in [0.2, 0.25) is 5.02 Å². The van der Waals surface area contributed by atoms with Gasteiger partial charge in [0.2, 0.25) is 0 Å². The van der Waals surface area contributed by atoms with Crippen molar-refractivity contribution in [1.29, 1.82) is 0 Å². The molecule has 1 fully saturated rings. The van der Waals surface area contributed by atoms with Gasteiger partial charge in [-0.25, -0.2) is 4.98 Å². The van der Waals surface area contributed by atoms with E-state index in [1.54, 1.807) is 0 Å². The Labute approximate surface area is 116 Å². The van der Waals surface area contributed by atoms with Crippen molar-refractivity contribution in [1.82, 2.24) is 10.3 Å². The number of rotatable bonds is 3. The number of hydrogen-bond donors (Lipinski definition) is 2. The number of carbonyl (C=O) groups excluding carboxylic acids is 1. The number of nitrogens with two attached hydrogens (primary N) is 1. The molecule has 6 heteroatoms. The molecule has 3 N–H and O–H groups in total. The van der Waals surface area contributed by atoms with Gasteiger partial charge in [-0.2, -0.15) is 11.8 Å². The lowest BCUT2D eigenvalue weighted by atomic mass is 10.1. The molecule has 98 valence electrons. The van der Waals surface area contributed by atoms with Gasteiger partial charge in [0.05, 0.1) is 10.6 Å². The Morgan fingerprint density at radius 3 is 3.17 bits per heavy atom. The number of anilines is 1. The molecule has 0 spiro atoms. The predicted molar refractivity (Wildman–Crippen MR) is 76.1 cm³/mol. The number of halogens is 1. The predicted octanol–water partition coefficient (Wildman–Crippen LogP) is 2.33. The van der Waals surface area contributed by atoms with Crippen molar-refractivity contribution in [3.05, 3.63) is 22.8 Å². The van der Waals surface area contributed by atoms with Crippen molar-refractivity contribution in [2.45, 2.75) is 24.5 Å². The first-order valence-electron chi connectivity index (χ1n) is 5.83. The fourth-order valence-electron chi connectivity index (χ4n) is 1.97. The van der Waals surface area contributed by atoms with Crippen molar-refractivity contribution in [2.24, 2.45) is 0 Å². The average molecular weight is 286 g/mol. The van der Waals surface area contributed by atoms with Crippen LogP contribution in [0, 0.1) is 0 Å². The summed E-state index contributed by atoms with van der Waals surface area (Å²) >= 11 is 7.84. The molecule has 0 radical (unpaired) electrons. The van der Waals surface area contributed by atoms with E-state index in [4.69, 9.17) is 17.3 Å². The number of nitrogens with zero attached hydrogens (tertiary/aromatic N) is 1. The molecule has 1 saturated heterocycles. The first kappa shape index (κ1) is 13.5. The van der Waals surface area contributed by atoms with Gasteiger partial charge in [-0.05, 0) is 31.6 Å². The second-order valence-corrected chi connectivity index (χ2v) is 6.76. The maximum Gasteiger partial charge on any atom is 0.253 e. The van der Waals surface area contributed by atoms with Crippen LogP contribution in [0.4, 0.5) is 5.82 Å². The van der Waals surface area contributed by atoms with Crippen molar-refractivity contribution in [3.8, 4) is 0 Å². The molecule has 0 saturated carbocycles. The Kier molecular flexibility index (Phi) is 4.02. The monoisotopic (exact) mass is 285 g/mol. The SMILES string of the molecule is CC1(CNC(=O)c2cc(N)ncc2Cl)CCCS1. The minimum atomic E-state index is -0.192. The highest BCUT2D eigenvalue weighted by Crippen LogP contribution is 2.37. The van der Waals surface area contributed by atoms with E-state index in [2.05, 4.69) is 17.2 Å². The van der Waals surface area contributed by atoms with Crippen LogP contribution in [0.3, 0.4) is 0 Å². The first-order chi connectivity index (χ1) is 8.50. The number of thioether (sulfide) groups is 1. The Balaban J connectivity index is 2.01. The number of nitrogen functional groups attached to an aromatic ring is 1. The van der Waals surface area contributed by atoms with Crippen LogP contribution in [0.15, 0.2) is 12.3 Å². The first-order valence-corrected chi connectivity index (χ1v) is 7.20. The molecule has 1 aliphatic rings. The summed E-state index contributed by atoms with van der Waals surface area (Å²) < 4.78 is 0.140. The number of carbonyl (C=O) groups is 1. The second kappa shape index (κ2) is 5.36. The van der Waals surface area contributed by atoms with Crippen molar-refractivity contribution < 1.29 is 4.79 Å². The number of amides is 1. The molecule has 2 rings (SSSR count). The van der Waals surface area contributed by atoms with Crippen molar-refractivity contribution in [3.63, 3.8) is 0 Å². The highest BCUT2D eigenvalue weighted by molar-refractivity contribution is 8.00. The Bertz CT molecular complexity index is 461. The van der Waals surface area contributed by atoms with Gasteiger partial charge in [0.1, 0.15) is 5.82 Å². The van der Waals surface area contributed by atoms with E-state index < -0.39 is 0 Å². The Morgan fingerprint density at radius 2 is 2.50 bits per heavy atom. The summed E-state index contributed by atoms with van der Waals surface area (Å²) in [5.74, 6) is 1.27. The van der Waals surface area contributed by atoms with Crippen molar-refractivity contribution >= 4 is 35.1 Å². The van der Waals surface area contributed by atoms with Crippen LogP contribution in [-0.4, -0.2) is 27.9 Å². The number of pyridine rings is 1. The summed E-state index contributed by atoms with van der Waals surface area (Å²) in [4.78, 5) is 15.9. The van der Waals surface area contributed by atoms with Gasteiger partial charge in [-0.3, -0.25) is 4.79 Å². The van der Waals surface area contributed by atoms with E-state index in [9.17, 15) is 4.79 Å². The maximum atomic E-state index is 12.0. The standard InChI is InChI=1S/C12H16ClN3OS/c1-12(3-2-4-18-12)7-16-11(17)8-5-10(14)15-6-9(8)13/h5-6H,2-4,7H2,1H3,(H2,14,15)(H,16,17). The van der Waals surface area contributed by atoms with E-state index >= 15 is 0 Å². The molecule has 0 aliphatic carbocycles. The molecule has 0 bridgehead atoms. The van der Waals surface area contributed by atoms with Gasteiger partial charge in [0.15, 0.2) is 0 Å².